The molecular formula is C20H33N3O3. The predicted octanol–water partition coefficient (Wildman–Crippen LogP) is 2.22. The van der Waals surface area contributed by atoms with Crippen LogP contribution in [0.3, 0.4) is 0 Å². The molecule has 0 aromatic carbocycles. The highest BCUT2D eigenvalue weighted by atomic mass is 16.2. The van der Waals surface area contributed by atoms with Gasteiger partial charge in [-0.25, -0.2) is 0 Å². The molecule has 2 saturated heterocycles. The summed E-state index contributed by atoms with van der Waals surface area (Å²) in [4.78, 5) is 40.9. The number of nitrogens with zero attached hydrogens (tertiary/aromatic N) is 2. The van der Waals surface area contributed by atoms with E-state index in [2.05, 4.69) is 5.32 Å². The summed E-state index contributed by atoms with van der Waals surface area (Å²) in [5.41, 5.74) is 0. The third kappa shape index (κ3) is 4.57. The summed E-state index contributed by atoms with van der Waals surface area (Å²) in [7, 11) is 0. The number of piperazine rings is 1. The molecule has 0 bridgehead atoms. The van der Waals surface area contributed by atoms with Crippen LogP contribution in [0.1, 0.15) is 77.6 Å². The van der Waals surface area contributed by atoms with Gasteiger partial charge in [-0.3, -0.25) is 14.4 Å². The summed E-state index contributed by atoms with van der Waals surface area (Å²) >= 11 is 0. The normalized spacial score (nSPS) is 27.7. The van der Waals surface area contributed by atoms with E-state index in [0.29, 0.717) is 6.54 Å². The van der Waals surface area contributed by atoms with Crippen LogP contribution in [0.5, 0.6) is 0 Å². The zero-order valence-corrected chi connectivity index (χ0v) is 16.0. The number of carbonyl (C=O) groups is 3. The Kier molecular flexibility index (Phi) is 6.54. The van der Waals surface area contributed by atoms with E-state index in [1.807, 2.05) is 11.8 Å². The largest absolute Gasteiger partial charge is 0.353 e. The van der Waals surface area contributed by atoms with Crippen LogP contribution in [0.25, 0.3) is 0 Å². The number of hydrogen-bond acceptors (Lipinski definition) is 3. The minimum absolute atomic E-state index is 0.0256. The average molecular weight is 364 g/mol. The van der Waals surface area contributed by atoms with Crippen molar-refractivity contribution in [2.45, 2.75) is 95.7 Å². The Labute approximate surface area is 156 Å². The third-order valence-electron chi connectivity index (χ3n) is 6.25. The summed E-state index contributed by atoms with van der Waals surface area (Å²) in [6.07, 6.45) is 10.7. The summed E-state index contributed by atoms with van der Waals surface area (Å²) < 4.78 is 0. The molecule has 3 amide bonds. The Morgan fingerprint density at radius 2 is 1.69 bits per heavy atom. The van der Waals surface area contributed by atoms with Gasteiger partial charge in [0.15, 0.2) is 0 Å². The van der Waals surface area contributed by atoms with E-state index in [1.165, 1.54) is 32.1 Å². The zero-order valence-electron chi connectivity index (χ0n) is 16.0. The first-order valence-electron chi connectivity index (χ1n) is 10.5. The number of nitrogens with one attached hydrogen (secondary N) is 1. The molecule has 2 aliphatic heterocycles. The molecule has 6 heteroatoms. The Morgan fingerprint density at radius 3 is 2.42 bits per heavy atom. The lowest BCUT2D eigenvalue weighted by Gasteiger charge is -2.41. The van der Waals surface area contributed by atoms with E-state index in [-0.39, 0.29) is 42.6 Å². The predicted molar refractivity (Wildman–Crippen MR) is 99.4 cm³/mol. The van der Waals surface area contributed by atoms with E-state index in [9.17, 15) is 14.4 Å². The quantitative estimate of drug-likeness (QED) is 0.833. The van der Waals surface area contributed by atoms with Gasteiger partial charge in [0.2, 0.25) is 17.7 Å². The minimum Gasteiger partial charge on any atom is -0.353 e. The molecule has 0 aromatic heterocycles. The first-order chi connectivity index (χ1) is 12.6. The molecule has 26 heavy (non-hydrogen) atoms. The molecule has 1 aliphatic carbocycles. The van der Waals surface area contributed by atoms with Crippen LogP contribution in [0.2, 0.25) is 0 Å². The Hall–Kier alpha value is -1.59. The highest BCUT2D eigenvalue weighted by molar-refractivity contribution is 5.90. The van der Waals surface area contributed by atoms with Crippen LogP contribution < -0.4 is 5.32 Å². The smallest absolute Gasteiger partial charge is 0.245 e. The van der Waals surface area contributed by atoms with Gasteiger partial charge in [0.1, 0.15) is 6.04 Å². The number of rotatable bonds is 4. The van der Waals surface area contributed by atoms with Gasteiger partial charge in [-0.15, -0.1) is 0 Å². The van der Waals surface area contributed by atoms with Gasteiger partial charge in [-0.2, -0.15) is 0 Å². The molecule has 2 atom stereocenters. The van der Waals surface area contributed by atoms with E-state index in [4.69, 9.17) is 0 Å². The Bertz CT molecular complexity index is 528. The molecule has 0 spiro atoms. The van der Waals surface area contributed by atoms with Gasteiger partial charge in [-0.1, -0.05) is 32.1 Å². The molecule has 146 valence electrons. The van der Waals surface area contributed by atoms with Crippen molar-refractivity contribution in [3.63, 3.8) is 0 Å². The topological polar surface area (TPSA) is 69.7 Å². The zero-order chi connectivity index (χ0) is 18.5. The molecule has 3 aliphatic rings. The van der Waals surface area contributed by atoms with Crippen molar-refractivity contribution in [1.29, 1.82) is 0 Å². The molecule has 2 heterocycles. The van der Waals surface area contributed by atoms with Crippen LogP contribution >= 0.6 is 0 Å². The minimum atomic E-state index is -0.398. The number of fused-ring (bicyclic) bond motifs is 1. The van der Waals surface area contributed by atoms with E-state index in [0.717, 1.165) is 32.2 Å². The first-order valence-corrected chi connectivity index (χ1v) is 10.5. The first kappa shape index (κ1) is 19.2. The summed E-state index contributed by atoms with van der Waals surface area (Å²) in [6.45, 7) is 3.25. The van der Waals surface area contributed by atoms with Crippen molar-refractivity contribution < 1.29 is 14.4 Å². The molecule has 3 fully saturated rings. The van der Waals surface area contributed by atoms with Crippen LogP contribution in [0.4, 0.5) is 0 Å². The average Bonchev–Trinajstić information content (AvgIpc) is 3.07. The van der Waals surface area contributed by atoms with Crippen LogP contribution in [-0.2, 0) is 14.4 Å². The molecule has 0 unspecified atom stereocenters. The molecule has 3 rings (SSSR count). The van der Waals surface area contributed by atoms with Crippen LogP contribution in [0, 0.1) is 0 Å². The number of hydrogen-bond donors (Lipinski definition) is 1. The molecule has 1 N–H and O–H groups in total. The fraction of sp³-hybridized carbons (Fsp3) is 0.850. The lowest BCUT2D eigenvalue weighted by molar-refractivity contribution is -0.152. The lowest BCUT2D eigenvalue weighted by atomic mass is 9.96. The fourth-order valence-electron chi connectivity index (χ4n) is 4.66. The van der Waals surface area contributed by atoms with Crippen molar-refractivity contribution in [1.82, 2.24) is 15.1 Å². The van der Waals surface area contributed by atoms with Crippen molar-refractivity contribution in [3.05, 3.63) is 0 Å². The summed E-state index contributed by atoms with van der Waals surface area (Å²) in [5, 5.41) is 3.12. The van der Waals surface area contributed by atoms with Gasteiger partial charge in [-0.05, 0) is 32.6 Å². The second-order valence-corrected chi connectivity index (χ2v) is 8.16. The Balaban J connectivity index is 1.45. The SMILES string of the molecule is C[C@@H]1C(=O)N2CCC[C@H]2CN1C(=O)CCC(=O)NC1CCCCCCC1. The van der Waals surface area contributed by atoms with Gasteiger partial charge >= 0.3 is 0 Å². The standard InChI is InChI=1S/C20H33N3O3/c1-15-20(26)22-13-7-10-17(22)14-23(15)19(25)12-11-18(24)21-16-8-5-3-2-4-6-9-16/h15-17H,2-14H2,1H3,(H,21,24)/t15-,17+/m1/s1. The number of amides is 3. The molecule has 1 saturated carbocycles. The lowest BCUT2D eigenvalue weighted by Crippen LogP contribution is -2.60. The van der Waals surface area contributed by atoms with Crippen molar-refractivity contribution >= 4 is 17.7 Å². The maximum atomic E-state index is 12.6. The van der Waals surface area contributed by atoms with Crippen molar-refractivity contribution in [3.8, 4) is 0 Å². The highest BCUT2D eigenvalue weighted by Gasteiger charge is 2.41. The molecule has 0 aromatic rings. The fourth-order valence-corrected chi connectivity index (χ4v) is 4.66. The van der Waals surface area contributed by atoms with Gasteiger partial charge in [0.25, 0.3) is 0 Å². The maximum absolute atomic E-state index is 12.6. The Morgan fingerprint density at radius 1 is 1.00 bits per heavy atom. The monoisotopic (exact) mass is 363 g/mol. The van der Waals surface area contributed by atoms with Crippen LogP contribution in [-0.4, -0.2) is 58.7 Å². The van der Waals surface area contributed by atoms with E-state index < -0.39 is 6.04 Å². The second-order valence-electron chi connectivity index (χ2n) is 8.16. The van der Waals surface area contributed by atoms with Gasteiger partial charge in [0.05, 0.1) is 0 Å². The summed E-state index contributed by atoms with van der Waals surface area (Å²) in [6, 6.07) is 0.0392. The van der Waals surface area contributed by atoms with E-state index >= 15 is 0 Å². The summed E-state index contributed by atoms with van der Waals surface area (Å²) in [5.74, 6) is -0.0290. The van der Waals surface area contributed by atoms with Crippen molar-refractivity contribution in [2.24, 2.45) is 0 Å². The van der Waals surface area contributed by atoms with Gasteiger partial charge < -0.3 is 15.1 Å². The van der Waals surface area contributed by atoms with Crippen molar-refractivity contribution in [2.75, 3.05) is 13.1 Å². The highest BCUT2D eigenvalue weighted by Crippen LogP contribution is 2.26. The van der Waals surface area contributed by atoms with Gasteiger partial charge in [0, 0.05) is 38.0 Å². The molecule has 0 radical (unpaired) electrons. The second kappa shape index (κ2) is 8.87. The number of carbonyl (C=O) groups excluding carboxylic acids is 3. The third-order valence-corrected chi connectivity index (χ3v) is 6.25. The molecule has 6 nitrogen and oxygen atoms in total. The van der Waals surface area contributed by atoms with Crippen LogP contribution in [0.15, 0.2) is 0 Å². The van der Waals surface area contributed by atoms with E-state index in [1.54, 1.807) is 4.90 Å². The maximum Gasteiger partial charge on any atom is 0.245 e. The molecular weight excluding hydrogens is 330 g/mol.